The Hall–Kier alpha value is -3.81. The molecule has 1 atom stereocenters. The van der Waals surface area contributed by atoms with E-state index in [1.54, 1.807) is 6.34 Å². The molecule has 6 rings (SSSR count). The minimum Gasteiger partial charge on any atom is -0.352 e. The predicted octanol–water partition coefficient (Wildman–Crippen LogP) is 3.68. The van der Waals surface area contributed by atoms with Crippen LogP contribution in [-0.4, -0.2) is 27.0 Å². The Kier molecular flexibility index (Phi) is 4.60. The quantitative estimate of drug-likeness (QED) is 0.453. The number of hydrogen-bond donors (Lipinski definition) is 3. The lowest BCUT2D eigenvalue weighted by Crippen LogP contribution is -2.43. The predicted molar refractivity (Wildman–Crippen MR) is 132 cm³/mol. The summed E-state index contributed by atoms with van der Waals surface area (Å²) < 4.78 is 2.06. The number of nitrogens with zero attached hydrogens (tertiary/aromatic N) is 4. The van der Waals surface area contributed by atoms with E-state index in [0.717, 1.165) is 52.3 Å². The SMILES string of the molecule is NC1N=CNC=C1c1nc2ccc(-c3ccccc3)nc2n1-c1ccc(C2(N)CCC2)cc1. The summed E-state index contributed by atoms with van der Waals surface area (Å²) in [6.07, 6.45) is 6.18. The number of nitrogens with one attached hydrogen (secondary N) is 1. The zero-order valence-electron chi connectivity index (χ0n) is 18.1. The summed E-state index contributed by atoms with van der Waals surface area (Å²) in [4.78, 5) is 14.2. The minimum absolute atomic E-state index is 0.204. The van der Waals surface area contributed by atoms with Gasteiger partial charge < -0.3 is 16.8 Å². The van der Waals surface area contributed by atoms with Crippen LogP contribution in [0.25, 0.3) is 33.7 Å². The molecular formula is C26H25N7. The van der Waals surface area contributed by atoms with Crippen LogP contribution >= 0.6 is 0 Å². The van der Waals surface area contributed by atoms with Crippen molar-refractivity contribution in [2.24, 2.45) is 16.5 Å². The molecule has 1 saturated carbocycles. The Balaban J connectivity index is 1.54. The number of benzene rings is 2. The lowest BCUT2D eigenvalue weighted by atomic mass is 9.73. The van der Waals surface area contributed by atoms with Gasteiger partial charge in [0, 0.05) is 23.0 Å². The largest absolute Gasteiger partial charge is 0.352 e. The van der Waals surface area contributed by atoms with Gasteiger partial charge in [-0.3, -0.25) is 9.56 Å². The highest BCUT2D eigenvalue weighted by atomic mass is 15.2. The molecule has 0 amide bonds. The molecule has 4 aromatic rings. The summed E-state index contributed by atoms with van der Waals surface area (Å²) in [7, 11) is 0. The van der Waals surface area contributed by atoms with Gasteiger partial charge in [-0.2, -0.15) is 0 Å². The Morgan fingerprint density at radius 3 is 2.42 bits per heavy atom. The van der Waals surface area contributed by atoms with Crippen LogP contribution in [0.1, 0.15) is 30.7 Å². The van der Waals surface area contributed by atoms with Crippen LogP contribution in [0.5, 0.6) is 0 Å². The van der Waals surface area contributed by atoms with E-state index in [0.29, 0.717) is 0 Å². The third-order valence-corrected chi connectivity index (χ3v) is 6.65. The fraction of sp³-hybridized carbons (Fsp3) is 0.192. The molecule has 0 bridgehead atoms. The summed E-state index contributed by atoms with van der Waals surface area (Å²) in [5.41, 5.74) is 19.1. The van der Waals surface area contributed by atoms with Gasteiger partial charge in [-0.15, -0.1) is 0 Å². The Bertz CT molecular complexity index is 1380. The van der Waals surface area contributed by atoms with Crippen LogP contribution in [0.4, 0.5) is 0 Å². The van der Waals surface area contributed by atoms with E-state index < -0.39 is 6.17 Å². The van der Waals surface area contributed by atoms with Crippen molar-refractivity contribution >= 4 is 23.1 Å². The van der Waals surface area contributed by atoms with Crippen molar-refractivity contribution in [3.05, 3.63) is 84.3 Å². The van der Waals surface area contributed by atoms with Gasteiger partial charge in [0.2, 0.25) is 0 Å². The minimum atomic E-state index is -0.503. The summed E-state index contributed by atoms with van der Waals surface area (Å²) in [6, 6.07) is 22.6. The summed E-state index contributed by atoms with van der Waals surface area (Å²) >= 11 is 0. The van der Waals surface area contributed by atoms with Gasteiger partial charge in [0.15, 0.2) is 5.65 Å². The standard InChI is InChI=1S/C26H25N7/c27-23-20(15-29-16-30-23)24-32-22-12-11-21(17-5-2-1-3-6-17)31-25(22)33(24)19-9-7-18(8-10-19)26(28)13-4-14-26/h1-3,5-12,15-16,23H,4,13-14,27-28H2,(H,29,30). The fourth-order valence-electron chi connectivity index (χ4n) is 4.57. The molecule has 1 aliphatic carbocycles. The second-order valence-corrected chi connectivity index (χ2v) is 8.72. The average molecular weight is 436 g/mol. The van der Waals surface area contributed by atoms with Gasteiger partial charge in [-0.25, -0.2) is 9.97 Å². The molecule has 2 aromatic carbocycles. The average Bonchev–Trinajstić information content (AvgIpc) is 3.22. The molecule has 1 unspecified atom stereocenters. The van der Waals surface area contributed by atoms with Gasteiger partial charge in [0.25, 0.3) is 0 Å². The Labute approximate surface area is 191 Å². The molecule has 5 N–H and O–H groups in total. The van der Waals surface area contributed by atoms with E-state index in [1.165, 1.54) is 12.0 Å². The third kappa shape index (κ3) is 3.33. The van der Waals surface area contributed by atoms with Crippen molar-refractivity contribution in [3.8, 4) is 16.9 Å². The van der Waals surface area contributed by atoms with E-state index in [9.17, 15) is 0 Å². The van der Waals surface area contributed by atoms with E-state index in [-0.39, 0.29) is 5.54 Å². The van der Waals surface area contributed by atoms with Crippen LogP contribution < -0.4 is 16.8 Å². The maximum absolute atomic E-state index is 6.55. The second kappa shape index (κ2) is 7.65. The number of aliphatic imine (C=N–C) groups is 1. The van der Waals surface area contributed by atoms with Crippen molar-refractivity contribution in [2.45, 2.75) is 31.0 Å². The van der Waals surface area contributed by atoms with E-state index >= 15 is 0 Å². The van der Waals surface area contributed by atoms with Crippen molar-refractivity contribution < 1.29 is 0 Å². The molecule has 33 heavy (non-hydrogen) atoms. The summed E-state index contributed by atoms with van der Waals surface area (Å²) in [5, 5.41) is 3.04. The molecule has 0 spiro atoms. The summed E-state index contributed by atoms with van der Waals surface area (Å²) in [5.74, 6) is 0.721. The van der Waals surface area contributed by atoms with Gasteiger partial charge in [0.05, 0.1) is 17.6 Å². The van der Waals surface area contributed by atoms with Crippen LogP contribution in [0.15, 0.2) is 77.9 Å². The van der Waals surface area contributed by atoms with Gasteiger partial charge in [-0.1, -0.05) is 42.5 Å². The highest BCUT2D eigenvalue weighted by molar-refractivity contribution is 5.84. The van der Waals surface area contributed by atoms with Crippen molar-refractivity contribution in [1.82, 2.24) is 19.9 Å². The highest BCUT2D eigenvalue weighted by Gasteiger charge is 2.34. The van der Waals surface area contributed by atoms with Crippen molar-refractivity contribution in [1.29, 1.82) is 0 Å². The van der Waals surface area contributed by atoms with Crippen molar-refractivity contribution in [3.63, 3.8) is 0 Å². The number of fused-ring (bicyclic) bond motifs is 1. The lowest BCUT2D eigenvalue weighted by Gasteiger charge is -2.38. The molecule has 2 aliphatic rings. The number of pyridine rings is 1. The lowest BCUT2D eigenvalue weighted by molar-refractivity contribution is 0.253. The molecule has 7 heteroatoms. The van der Waals surface area contributed by atoms with Crippen LogP contribution in [0.3, 0.4) is 0 Å². The van der Waals surface area contributed by atoms with Gasteiger partial charge in [0.1, 0.15) is 17.5 Å². The first kappa shape index (κ1) is 19.8. The molecule has 2 aromatic heterocycles. The first-order valence-electron chi connectivity index (χ1n) is 11.2. The summed E-state index contributed by atoms with van der Waals surface area (Å²) in [6.45, 7) is 0. The van der Waals surface area contributed by atoms with Crippen molar-refractivity contribution in [2.75, 3.05) is 0 Å². The van der Waals surface area contributed by atoms with E-state index in [1.807, 2.05) is 36.5 Å². The molecule has 1 fully saturated rings. The number of hydrogen-bond acceptors (Lipinski definition) is 6. The molecule has 7 nitrogen and oxygen atoms in total. The van der Waals surface area contributed by atoms with E-state index in [2.05, 4.69) is 51.3 Å². The van der Waals surface area contributed by atoms with Crippen LogP contribution in [-0.2, 0) is 5.54 Å². The Morgan fingerprint density at radius 2 is 1.73 bits per heavy atom. The second-order valence-electron chi connectivity index (χ2n) is 8.72. The Morgan fingerprint density at radius 1 is 0.939 bits per heavy atom. The normalized spacial score (nSPS) is 19.1. The maximum atomic E-state index is 6.55. The van der Waals surface area contributed by atoms with E-state index in [4.69, 9.17) is 21.4 Å². The molecule has 0 saturated heterocycles. The molecular weight excluding hydrogens is 410 g/mol. The number of imidazole rings is 1. The smallest absolute Gasteiger partial charge is 0.165 e. The van der Waals surface area contributed by atoms with Gasteiger partial charge in [-0.05, 0) is 49.1 Å². The zero-order chi connectivity index (χ0) is 22.4. The molecule has 3 heterocycles. The molecule has 164 valence electrons. The number of nitrogens with two attached hydrogens (primary N) is 2. The number of aromatic nitrogens is 3. The van der Waals surface area contributed by atoms with Gasteiger partial charge >= 0.3 is 0 Å². The number of rotatable bonds is 4. The zero-order valence-corrected chi connectivity index (χ0v) is 18.1. The molecule has 1 aliphatic heterocycles. The fourth-order valence-corrected chi connectivity index (χ4v) is 4.57. The third-order valence-electron chi connectivity index (χ3n) is 6.65. The first-order chi connectivity index (χ1) is 16.1. The topological polar surface area (TPSA) is 107 Å². The highest BCUT2D eigenvalue weighted by Crippen LogP contribution is 2.39. The van der Waals surface area contributed by atoms with Crippen LogP contribution in [0.2, 0.25) is 0 Å². The monoisotopic (exact) mass is 435 g/mol. The van der Waals surface area contributed by atoms with Crippen LogP contribution in [0, 0.1) is 0 Å². The first-order valence-corrected chi connectivity index (χ1v) is 11.2. The maximum Gasteiger partial charge on any atom is 0.165 e. The molecule has 0 radical (unpaired) electrons.